The van der Waals surface area contributed by atoms with Crippen molar-refractivity contribution in [2.24, 2.45) is 0 Å². The lowest BCUT2D eigenvalue weighted by Crippen LogP contribution is -2.34. The van der Waals surface area contributed by atoms with Gasteiger partial charge in [0.2, 0.25) is 5.88 Å². The number of anilines is 1. The van der Waals surface area contributed by atoms with E-state index in [2.05, 4.69) is 33.4 Å². The second kappa shape index (κ2) is 13.4. The fourth-order valence-corrected chi connectivity index (χ4v) is 5.43. The molecule has 1 fully saturated rings. The summed E-state index contributed by atoms with van der Waals surface area (Å²) in [7, 11) is 0. The lowest BCUT2D eigenvalue weighted by atomic mass is 10.0. The molecule has 2 aliphatic rings. The van der Waals surface area contributed by atoms with E-state index >= 15 is 0 Å². The minimum Gasteiger partial charge on any atom is -0.472 e. The van der Waals surface area contributed by atoms with Crippen LogP contribution >= 0.6 is 0 Å². The Morgan fingerprint density at radius 2 is 2.02 bits per heavy atom. The fourth-order valence-electron chi connectivity index (χ4n) is 5.43. The Hall–Kier alpha value is -4.95. The van der Waals surface area contributed by atoms with Gasteiger partial charge in [-0.2, -0.15) is 13.2 Å². The number of pyridine rings is 3. The Morgan fingerprint density at radius 1 is 1.19 bits per heavy atom. The molecule has 1 atom stereocenters. The molecule has 2 aliphatic heterocycles. The van der Waals surface area contributed by atoms with Gasteiger partial charge in [-0.1, -0.05) is 19.2 Å². The third kappa shape index (κ3) is 7.08. The zero-order chi connectivity index (χ0) is 33.1. The predicted octanol–water partition coefficient (Wildman–Crippen LogP) is 5.81. The number of carbonyl (C=O) groups excluding carboxylic acids is 1. The van der Waals surface area contributed by atoms with Crippen molar-refractivity contribution in [3.63, 3.8) is 0 Å². The van der Waals surface area contributed by atoms with E-state index in [1.54, 1.807) is 30.6 Å². The van der Waals surface area contributed by atoms with Gasteiger partial charge < -0.3 is 19.4 Å². The monoisotopic (exact) mass is 649 g/mol. The predicted molar refractivity (Wildman–Crippen MR) is 165 cm³/mol. The molecule has 6 rings (SSSR count). The molecule has 4 aromatic heterocycles. The van der Waals surface area contributed by atoms with E-state index in [1.807, 2.05) is 9.47 Å². The summed E-state index contributed by atoms with van der Waals surface area (Å²) in [6.07, 6.45) is 3.31. The average Bonchev–Trinajstić information content (AvgIpc) is 3.37. The van der Waals surface area contributed by atoms with Gasteiger partial charge in [-0.05, 0) is 42.7 Å². The zero-order valence-electron chi connectivity index (χ0n) is 25.3. The van der Waals surface area contributed by atoms with Gasteiger partial charge >= 0.3 is 6.18 Å². The van der Waals surface area contributed by atoms with Crippen molar-refractivity contribution >= 4 is 22.8 Å². The van der Waals surface area contributed by atoms with E-state index < -0.39 is 30.1 Å². The van der Waals surface area contributed by atoms with E-state index in [-0.39, 0.29) is 24.1 Å². The molecule has 0 saturated carbocycles. The molecule has 1 amide bonds. The Kier molecular flexibility index (Phi) is 9.14. The number of halogens is 4. The molecular formula is C33H31F4N7O3. The molecule has 0 spiro atoms. The molecular weight excluding hydrogens is 618 g/mol. The summed E-state index contributed by atoms with van der Waals surface area (Å²) in [6, 6.07) is 6.07. The number of carbonyl (C=O) groups is 1. The number of rotatable bonds is 11. The second-order valence-corrected chi connectivity index (χ2v) is 11.1. The number of imidazole rings is 1. The minimum absolute atomic E-state index is 0.0146. The van der Waals surface area contributed by atoms with E-state index in [1.165, 1.54) is 12.3 Å². The van der Waals surface area contributed by atoms with Crippen molar-refractivity contribution in [3.8, 4) is 5.88 Å². The van der Waals surface area contributed by atoms with Crippen LogP contribution in [0.2, 0.25) is 0 Å². The van der Waals surface area contributed by atoms with Crippen LogP contribution in [0, 0.1) is 0 Å². The maximum atomic E-state index is 14.0. The van der Waals surface area contributed by atoms with E-state index in [4.69, 9.17) is 14.5 Å². The van der Waals surface area contributed by atoms with Crippen molar-refractivity contribution in [2.45, 2.75) is 44.8 Å². The maximum absolute atomic E-state index is 14.0. The summed E-state index contributed by atoms with van der Waals surface area (Å²) in [4.78, 5) is 32.3. The number of nitrogens with zero attached hydrogens (tertiary/aromatic N) is 6. The van der Waals surface area contributed by atoms with Crippen LogP contribution in [-0.2, 0) is 37.0 Å². The summed E-state index contributed by atoms with van der Waals surface area (Å²) in [6.45, 7) is 8.64. The molecule has 0 radical (unpaired) electrons. The summed E-state index contributed by atoms with van der Waals surface area (Å²) >= 11 is 0. The standard InChI is InChI=1S/C33H31F4N7O3/c1-3-20(25(34)4-2)19-47-32-24(33(35,36)37)12-21-7-10-43(17-27(21)41-32)18-30-40-26-13-29(42-31(45)22-6-5-9-38-14-22)39-15-28(26)44(30)16-23-8-11-46-23/h3-6,9,12-15,23H,1-2,7-8,10-11,16-19H2,(H,39,42,45)/b25-20-/t23-/m0/s1. The Bertz CT molecular complexity index is 1850. The van der Waals surface area contributed by atoms with Gasteiger partial charge in [0.1, 0.15) is 29.6 Å². The number of fused-ring (bicyclic) bond motifs is 2. The first-order valence-corrected chi connectivity index (χ1v) is 14.9. The number of ether oxygens (including phenoxy) is 2. The highest BCUT2D eigenvalue weighted by Crippen LogP contribution is 2.38. The van der Waals surface area contributed by atoms with Crippen LogP contribution in [0.3, 0.4) is 0 Å². The third-order valence-electron chi connectivity index (χ3n) is 8.05. The van der Waals surface area contributed by atoms with E-state index in [9.17, 15) is 22.4 Å². The van der Waals surface area contributed by atoms with Gasteiger partial charge in [0.25, 0.3) is 5.91 Å². The van der Waals surface area contributed by atoms with Gasteiger partial charge in [-0.3, -0.25) is 14.7 Å². The van der Waals surface area contributed by atoms with Crippen LogP contribution in [0.5, 0.6) is 5.88 Å². The first-order chi connectivity index (χ1) is 22.6. The van der Waals surface area contributed by atoms with E-state index in [0.717, 1.165) is 24.1 Å². The van der Waals surface area contributed by atoms with Crippen LogP contribution in [0.4, 0.5) is 23.4 Å². The molecule has 244 valence electrons. The average molecular weight is 650 g/mol. The molecule has 0 unspecified atom stereocenters. The van der Waals surface area contributed by atoms with Gasteiger partial charge in [-0.15, -0.1) is 0 Å². The minimum atomic E-state index is -4.72. The van der Waals surface area contributed by atoms with Gasteiger partial charge in [-0.25, -0.2) is 19.3 Å². The highest BCUT2D eigenvalue weighted by Gasteiger charge is 2.37. The van der Waals surface area contributed by atoms with Gasteiger partial charge in [0.15, 0.2) is 0 Å². The number of amides is 1. The molecule has 1 N–H and O–H groups in total. The Morgan fingerprint density at radius 3 is 2.70 bits per heavy atom. The Labute approximate surface area is 267 Å². The molecule has 6 heterocycles. The van der Waals surface area contributed by atoms with Gasteiger partial charge in [0.05, 0.1) is 47.7 Å². The first-order valence-electron chi connectivity index (χ1n) is 14.9. The van der Waals surface area contributed by atoms with Crippen molar-refractivity contribution < 1.29 is 31.8 Å². The number of nitrogens with one attached hydrogen (secondary N) is 1. The molecule has 14 heteroatoms. The van der Waals surface area contributed by atoms with Crippen LogP contribution in [0.15, 0.2) is 79.6 Å². The third-order valence-corrected chi connectivity index (χ3v) is 8.05. The zero-order valence-corrected chi connectivity index (χ0v) is 25.3. The highest BCUT2D eigenvalue weighted by molar-refractivity contribution is 6.04. The van der Waals surface area contributed by atoms with Crippen LogP contribution in [-0.4, -0.2) is 61.2 Å². The Balaban J connectivity index is 1.25. The first kappa shape index (κ1) is 32.0. The van der Waals surface area contributed by atoms with Crippen molar-refractivity contribution in [2.75, 3.05) is 25.1 Å². The smallest absolute Gasteiger partial charge is 0.421 e. The SMILES string of the molecule is C=C/C(F)=C(\C=C)COc1nc2c(cc1C(F)(F)F)CCN(Cc1nc3cc(NC(=O)c4cccnc4)ncc3n1C[C@@H]1CCO1)C2. The van der Waals surface area contributed by atoms with Gasteiger partial charge in [0, 0.05) is 43.7 Å². The van der Waals surface area contributed by atoms with Crippen molar-refractivity contribution in [1.29, 1.82) is 0 Å². The van der Waals surface area contributed by atoms with Crippen LogP contribution in [0.1, 0.15) is 39.4 Å². The van der Waals surface area contributed by atoms with Crippen molar-refractivity contribution in [3.05, 3.63) is 108 Å². The molecule has 1 saturated heterocycles. The second-order valence-electron chi connectivity index (χ2n) is 11.1. The molecule has 4 aromatic rings. The molecule has 0 aliphatic carbocycles. The lowest BCUT2D eigenvalue weighted by Gasteiger charge is -2.30. The number of allylic oxidation sites excluding steroid dienone is 2. The topological polar surface area (TPSA) is 107 Å². The normalized spacial score (nSPS) is 17.0. The highest BCUT2D eigenvalue weighted by atomic mass is 19.4. The van der Waals surface area contributed by atoms with E-state index in [0.29, 0.717) is 66.6 Å². The molecule has 10 nitrogen and oxygen atoms in total. The van der Waals surface area contributed by atoms with Crippen LogP contribution < -0.4 is 10.1 Å². The summed E-state index contributed by atoms with van der Waals surface area (Å²) < 4.78 is 69.1. The molecule has 0 bridgehead atoms. The summed E-state index contributed by atoms with van der Waals surface area (Å²) in [5.41, 5.74) is 1.60. The summed E-state index contributed by atoms with van der Waals surface area (Å²) in [5.74, 6) is -0.692. The molecule has 47 heavy (non-hydrogen) atoms. The number of hydrogen-bond donors (Lipinski definition) is 1. The van der Waals surface area contributed by atoms with Crippen molar-refractivity contribution in [1.82, 2.24) is 29.4 Å². The number of alkyl halides is 3. The fraction of sp³-hybridized carbons (Fsp3) is 0.303. The quantitative estimate of drug-likeness (QED) is 0.160. The summed E-state index contributed by atoms with van der Waals surface area (Å²) in [5, 5.41) is 2.78. The molecule has 0 aromatic carbocycles. The van der Waals surface area contributed by atoms with Crippen LogP contribution in [0.25, 0.3) is 11.0 Å². The lowest BCUT2D eigenvalue weighted by molar-refractivity contribution is -0.139. The maximum Gasteiger partial charge on any atom is 0.421 e. The number of hydrogen-bond acceptors (Lipinski definition) is 8. The largest absolute Gasteiger partial charge is 0.472 e. The number of aromatic nitrogens is 5.